The van der Waals surface area contributed by atoms with Crippen LogP contribution < -0.4 is 10.9 Å². The molecule has 0 fully saturated rings. The van der Waals surface area contributed by atoms with Crippen LogP contribution in [0.25, 0.3) is 16.8 Å². The van der Waals surface area contributed by atoms with Crippen LogP contribution >= 0.6 is 0 Å². The van der Waals surface area contributed by atoms with Gasteiger partial charge in [0.2, 0.25) is 5.91 Å². The normalized spacial score (nSPS) is 13.7. The van der Waals surface area contributed by atoms with Crippen molar-refractivity contribution in [1.82, 2.24) is 10.9 Å². The van der Waals surface area contributed by atoms with Gasteiger partial charge in [-0.2, -0.15) is 0 Å². The zero-order valence-electron chi connectivity index (χ0n) is 13.3. The second-order valence-electron chi connectivity index (χ2n) is 5.54. The minimum absolute atomic E-state index is 0.150. The zero-order chi connectivity index (χ0) is 17.1. The van der Waals surface area contributed by atoms with Crippen molar-refractivity contribution in [3.63, 3.8) is 0 Å². The summed E-state index contributed by atoms with van der Waals surface area (Å²) in [4.78, 5) is 23.4. The third-order valence-electron chi connectivity index (χ3n) is 4.07. The van der Waals surface area contributed by atoms with Crippen LogP contribution in [0.2, 0.25) is 0 Å². The molecule has 1 aliphatic heterocycles. The van der Waals surface area contributed by atoms with E-state index in [0.717, 1.165) is 16.7 Å². The molecule has 0 radical (unpaired) electrons. The average Bonchev–Trinajstić information content (AvgIpc) is 2.61. The van der Waals surface area contributed by atoms with E-state index in [1.807, 2.05) is 49.4 Å². The van der Waals surface area contributed by atoms with Crippen molar-refractivity contribution in [2.24, 2.45) is 0 Å². The first-order chi connectivity index (χ1) is 11.6. The van der Waals surface area contributed by atoms with Crippen LogP contribution in [-0.4, -0.2) is 17.0 Å². The second kappa shape index (κ2) is 6.58. The Morgan fingerprint density at radius 1 is 1.12 bits per heavy atom. The molecule has 0 aliphatic carbocycles. The Labute approximate surface area is 140 Å². The van der Waals surface area contributed by atoms with Crippen molar-refractivity contribution in [2.45, 2.75) is 19.8 Å². The molecule has 0 aromatic heterocycles. The SMILES string of the molecule is CCc1ccc(-c2ccccc2)c(C2=CCC(=O)NN2)c1C(=O)O. The van der Waals surface area contributed by atoms with E-state index in [1.165, 1.54) is 0 Å². The first-order valence-corrected chi connectivity index (χ1v) is 7.81. The molecule has 1 heterocycles. The molecule has 0 bridgehead atoms. The molecular weight excluding hydrogens is 304 g/mol. The predicted molar refractivity (Wildman–Crippen MR) is 92.1 cm³/mol. The number of amides is 1. The summed E-state index contributed by atoms with van der Waals surface area (Å²) in [6.45, 7) is 1.93. The first-order valence-electron chi connectivity index (χ1n) is 7.81. The van der Waals surface area contributed by atoms with Crippen molar-refractivity contribution < 1.29 is 14.7 Å². The maximum Gasteiger partial charge on any atom is 0.336 e. The highest BCUT2D eigenvalue weighted by atomic mass is 16.4. The molecule has 3 N–H and O–H groups in total. The number of aryl methyl sites for hydroxylation is 1. The molecule has 122 valence electrons. The van der Waals surface area contributed by atoms with Gasteiger partial charge in [0.05, 0.1) is 11.3 Å². The maximum absolute atomic E-state index is 11.9. The lowest BCUT2D eigenvalue weighted by molar-refractivity contribution is -0.121. The summed E-state index contributed by atoms with van der Waals surface area (Å²) >= 11 is 0. The number of aromatic carboxylic acids is 1. The number of hydrogen-bond donors (Lipinski definition) is 3. The number of nitrogens with one attached hydrogen (secondary N) is 2. The van der Waals surface area contributed by atoms with Gasteiger partial charge in [0.15, 0.2) is 0 Å². The molecule has 5 heteroatoms. The highest BCUT2D eigenvalue weighted by molar-refractivity contribution is 6.00. The van der Waals surface area contributed by atoms with Gasteiger partial charge in [-0.15, -0.1) is 0 Å². The quantitative estimate of drug-likeness (QED) is 0.808. The lowest BCUT2D eigenvalue weighted by atomic mass is 9.88. The largest absolute Gasteiger partial charge is 0.478 e. The Bertz CT molecular complexity index is 826. The van der Waals surface area contributed by atoms with Crippen molar-refractivity contribution >= 4 is 17.6 Å². The minimum Gasteiger partial charge on any atom is -0.478 e. The number of hydrogen-bond acceptors (Lipinski definition) is 3. The van der Waals surface area contributed by atoms with E-state index in [9.17, 15) is 14.7 Å². The van der Waals surface area contributed by atoms with Crippen molar-refractivity contribution in [2.75, 3.05) is 0 Å². The van der Waals surface area contributed by atoms with E-state index in [4.69, 9.17) is 0 Å². The molecule has 0 unspecified atom stereocenters. The van der Waals surface area contributed by atoms with Crippen molar-refractivity contribution in [3.8, 4) is 11.1 Å². The number of hydrazine groups is 1. The standard InChI is InChI=1S/C19H18N2O3/c1-2-12-8-9-14(13-6-4-3-5-7-13)18(17(12)19(23)24)15-10-11-16(22)21-20-15/h3-10,20H,2,11H2,1H3,(H,21,22)(H,23,24). The van der Waals surface area contributed by atoms with Gasteiger partial charge in [-0.25, -0.2) is 4.79 Å². The molecule has 1 amide bonds. The minimum atomic E-state index is -0.973. The molecule has 0 atom stereocenters. The Morgan fingerprint density at radius 3 is 2.46 bits per heavy atom. The number of rotatable bonds is 4. The van der Waals surface area contributed by atoms with Gasteiger partial charge in [0, 0.05) is 12.0 Å². The van der Waals surface area contributed by atoms with Gasteiger partial charge in [-0.05, 0) is 29.2 Å². The fourth-order valence-corrected chi connectivity index (χ4v) is 2.92. The summed E-state index contributed by atoms with van der Waals surface area (Å²) in [6, 6.07) is 13.4. The van der Waals surface area contributed by atoms with Crippen LogP contribution in [0.1, 0.15) is 34.8 Å². The summed E-state index contributed by atoms with van der Waals surface area (Å²) in [5, 5.41) is 9.79. The average molecular weight is 322 g/mol. The summed E-state index contributed by atoms with van der Waals surface area (Å²) in [5.74, 6) is -1.12. The van der Waals surface area contributed by atoms with Crippen LogP contribution in [0.5, 0.6) is 0 Å². The third-order valence-corrected chi connectivity index (χ3v) is 4.07. The van der Waals surface area contributed by atoms with Gasteiger partial charge < -0.3 is 5.11 Å². The Hall–Kier alpha value is -3.08. The van der Waals surface area contributed by atoms with Crippen LogP contribution in [0.15, 0.2) is 48.5 Å². The van der Waals surface area contributed by atoms with Crippen LogP contribution in [0, 0.1) is 0 Å². The van der Waals surface area contributed by atoms with Crippen LogP contribution in [-0.2, 0) is 11.2 Å². The topological polar surface area (TPSA) is 78.4 Å². The number of carbonyl (C=O) groups is 2. The molecule has 2 aromatic carbocycles. The van der Waals surface area contributed by atoms with Crippen LogP contribution in [0.3, 0.4) is 0 Å². The number of carboxylic acids is 1. The lowest BCUT2D eigenvalue weighted by Crippen LogP contribution is -2.39. The van der Waals surface area contributed by atoms with E-state index < -0.39 is 5.97 Å². The molecule has 3 rings (SSSR count). The number of carboxylic acid groups (broad SMARTS) is 1. The number of carbonyl (C=O) groups excluding carboxylic acids is 1. The number of benzene rings is 2. The van der Waals surface area contributed by atoms with E-state index >= 15 is 0 Å². The van der Waals surface area contributed by atoms with E-state index in [0.29, 0.717) is 17.7 Å². The fraction of sp³-hybridized carbons (Fsp3) is 0.158. The molecule has 5 nitrogen and oxygen atoms in total. The Balaban J connectivity index is 2.29. The van der Waals surface area contributed by atoms with Gasteiger partial charge in [-0.3, -0.25) is 15.6 Å². The van der Waals surface area contributed by atoms with E-state index in [-0.39, 0.29) is 17.9 Å². The Morgan fingerprint density at radius 2 is 1.88 bits per heavy atom. The molecule has 0 spiro atoms. The summed E-state index contributed by atoms with van der Waals surface area (Å²) < 4.78 is 0. The lowest BCUT2D eigenvalue weighted by Gasteiger charge is -2.22. The predicted octanol–water partition coefficient (Wildman–Crippen LogP) is 2.98. The van der Waals surface area contributed by atoms with E-state index in [1.54, 1.807) is 6.08 Å². The summed E-state index contributed by atoms with van der Waals surface area (Å²) in [6.07, 6.45) is 2.56. The molecule has 2 aromatic rings. The molecule has 24 heavy (non-hydrogen) atoms. The third kappa shape index (κ3) is 2.88. The highest BCUT2D eigenvalue weighted by Crippen LogP contribution is 2.33. The molecule has 0 saturated heterocycles. The van der Waals surface area contributed by atoms with Crippen LogP contribution in [0.4, 0.5) is 0 Å². The van der Waals surface area contributed by atoms with Crippen molar-refractivity contribution in [1.29, 1.82) is 0 Å². The first kappa shape index (κ1) is 15.8. The highest BCUT2D eigenvalue weighted by Gasteiger charge is 2.23. The summed E-state index contributed by atoms with van der Waals surface area (Å²) in [7, 11) is 0. The molecular formula is C19H18N2O3. The fourth-order valence-electron chi connectivity index (χ4n) is 2.92. The monoisotopic (exact) mass is 322 g/mol. The Kier molecular flexibility index (Phi) is 4.33. The van der Waals surface area contributed by atoms with Gasteiger partial charge >= 0.3 is 5.97 Å². The smallest absolute Gasteiger partial charge is 0.336 e. The van der Waals surface area contributed by atoms with Crippen molar-refractivity contribution in [3.05, 3.63) is 65.2 Å². The maximum atomic E-state index is 11.9. The van der Waals surface area contributed by atoms with Gasteiger partial charge in [-0.1, -0.05) is 49.4 Å². The van der Waals surface area contributed by atoms with Gasteiger partial charge in [0.1, 0.15) is 0 Å². The summed E-state index contributed by atoms with van der Waals surface area (Å²) in [5.41, 5.74) is 9.40. The zero-order valence-corrected chi connectivity index (χ0v) is 13.3. The van der Waals surface area contributed by atoms with Gasteiger partial charge in [0.25, 0.3) is 0 Å². The molecule has 0 saturated carbocycles. The van der Waals surface area contributed by atoms with E-state index in [2.05, 4.69) is 10.9 Å². The molecule has 1 aliphatic rings. The second-order valence-corrected chi connectivity index (χ2v) is 5.54.